The van der Waals surface area contributed by atoms with Gasteiger partial charge < -0.3 is 20.4 Å². The molecule has 35 heavy (non-hydrogen) atoms. The molecule has 0 bridgehead atoms. The van der Waals surface area contributed by atoms with Crippen molar-refractivity contribution in [1.29, 1.82) is 0 Å². The van der Waals surface area contributed by atoms with Crippen LogP contribution in [0.25, 0.3) is 0 Å². The zero-order valence-corrected chi connectivity index (χ0v) is 20.9. The minimum absolute atomic E-state index is 0.0126. The second kappa shape index (κ2) is 12.7. The van der Waals surface area contributed by atoms with E-state index in [-0.39, 0.29) is 27.7 Å². The van der Waals surface area contributed by atoms with Crippen LogP contribution in [-0.2, 0) is 4.79 Å². The largest absolute Gasteiger partial charge is 0.356 e. The highest BCUT2D eigenvalue weighted by molar-refractivity contribution is 7.15. The van der Waals surface area contributed by atoms with Gasteiger partial charge in [0.15, 0.2) is 0 Å². The van der Waals surface area contributed by atoms with Crippen molar-refractivity contribution in [3.8, 4) is 0 Å². The molecule has 1 atom stereocenters. The molecule has 1 aromatic heterocycles. The number of piperidine rings is 1. The van der Waals surface area contributed by atoms with Crippen molar-refractivity contribution < 1.29 is 14.4 Å². The van der Waals surface area contributed by atoms with Gasteiger partial charge in [-0.3, -0.25) is 14.4 Å². The number of hydrogen-bond acceptors (Lipinski definition) is 7. The van der Waals surface area contributed by atoms with E-state index in [9.17, 15) is 14.4 Å². The topological polar surface area (TPSA) is 108 Å². The summed E-state index contributed by atoms with van der Waals surface area (Å²) in [6, 6.07) is 9.06. The third-order valence-corrected chi connectivity index (χ3v) is 7.47. The lowest BCUT2D eigenvalue weighted by molar-refractivity contribution is -0.126. The van der Waals surface area contributed by atoms with Crippen LogP contribution in [0.5, 0.6) is 0 Å². The summed E-state index contributed by atoms with van der Waals surface area (Å²) in [5.74, 6) is -0.887. The van der Waals surface area contributed by atoms with Crippen LogP contribution in [0.3, 0.4) is 0 Å². The van der Waals surface area contributed by atoms with Crippen molar-refractivity contribution in [2.45, 2.75) is 44.9 Å². The zero-order valence-electron chi connectivity index (χ0n) is 20.1. The zero-order chi connectivity index (χ0) is 24.5. The van der Waals surface area contributed by atoms with E-state index >= 15 is 0 Å². The summed E-state index contributed by atoms with van der Waals surface area (Å²) in [7, 11) is 0. The van der Waals surface area contributed by atoms with Crippen molar-refractivity contribution in [2.24, 2.45) is 5.92 Å². The Morgan fingerprint density at radius 3 is 2.46 bits per heavy atom. The van der Waals surface area contributed by atoms with Gasteiger partial charge in [0.25, 0.3) is 11.8 Å². The lowest BCUT2D eigenvalue weighted by atomic mass is 9.97. The van der Waals surface area contributed by atoms with E-state index in [4.69, 9.17) is 0 Å². The van der Waals surface area contributed by atoms with Crippen molar-refractivity contribution in [1.82, 2.24) is 25.3 Å². The van der Waals surface area contributed by atoms with Crippen LogP contribution < -0.4 is 10.6 Å². The Labute approximate surface area is 210 Å². The molecule has 1 unspecified atom stereocenters. The van der Waals surface area contributed by atoms with Crippen molar-refractivity contribution in [2.75, 3.05) is 44.6 Å². The van der Waals surface area contributed by atoms with Gasteiger partial charge in [-0.1, -0.05) is 42.4 Å². The van der Waals surface area contributed by atoms with Crippen LogP contribution >= 0.6 is 11.3 Å². The third-order valence-electron chi connectivity index (χ3n) is 6.56. The molecular formula is C25H34N6O3S. The molecule has 0 saturated carbocycles. The number of carbonyl (C=O) groups is 3. The number of likely N-dealkylation sites (tertiary alicyclic amines) is 2. The molecule has 2 fully saturated rings. The first-order chi connectivity index (χ1) is 17.1. The molecule has 2 N–H and O–H groups in total. The molecule has 0 radical (unpaired) electrons. The van der Waals surface area contributed by atoms with E-state index in [0.717, 1.165) is 50.2 Å². The van der Waals surface area contributed by atoms with Gasteiger partial charge in [-0.25, -0.2) is 0 Å². The Morgan fingerprint density at radius 2 is 1.69 bits per heavy atom. The van der Waals surface area contributed by atoms with Crippen LogP contribution in [0.15, 0.2) is 30.3 Å². The Balaban J connectivity index is 1.23. The maximum Gasteiger partial charge on any atom is 0.286 e. The monoisotopic (exact) mass is 498 g/mol. The Bertz CT molecular complexity index is 990. The number of para-hydroxylation sites is 1. The quantitative estimate of drug-likeness (QED) is 0.542. The van der Waals surface area contributed by atoms with Gasteiger partial charge in [0, 0.05) is 25.3 Å². The van der Waals surface area contributed by atoms with Gasteiger partial charge in [0.05, 0.1) is 5.92 Å². The van der Waals surface area contributed by atoms with Gasteiger partial charge in [0.2, 0.25) is 15.9 Å². The molecule has 188 valence electrons. The SMILES string of the molecule is O=C(Nc1ccccc1)c1nnc(C(=O)N2CCCC(C(=O)NCCCN3CCCCCC3)C2)s1. The van der Waals surface area contributed by atoms with E-state index in [1.807, 2.05) is 18.2 Å². The average Bonchev–Trinajstić information content (AvgIpc) is 3.24. The lowest BCUT2D eigenvalue weighted by Gasteiger charge is -2.31. The summed E-state index contributed by atoms with van der Waals surface area (Å²) >= 11 is 0.973. The molecule has 9 nitrogen and oxygen atoms in total. The molecule has 4 rings (SSSR count). The number of hydrogen-bond donors (Lipinski definition) is 2. The molecule has 2 aliphatic rings. The number of amides is 3. The second-order valence-electron chi connectivity index (χ2n) is 9.22. The van der Waals surface area contributed by atoms with Gasteiger partial charge in [0.1, 0.15) is 0 Å². The maximum absolute atomic E-state index is 13.0. The number of benzene rings is 1. The lowest BCUT2D eigenvalue weighted by Crippen LogP contribution is -2.45. The molecule has 10 heteroatoms. The van der Waals surface area contributed by atoms with E-state index in [2.05, 4.69) is 25.7 Å². The average molecular weight is 499 g/mol. The van der Waals surface area contributed by atoms with Crippen LogP contribution in [0, 0.1) is 5.92 Å². The summed E-state index contributed by atoms with van der Waals surface area (Å²) in [6.45, 7) is 4.94. The first-order valence-corrected chi connectivity index (χ1v) is 13.4. The summed E-state index contributed by atoms with van der Waals surface area (Å²) in [4.78, 5) is 42.3. The Kier molecular flexibility index (Phi) is 9.19. The predicted molar refractivity (Wildman–Crippen MR) is 135 cm³/mol. The predicted octanol–water partition coefficient (Wildman–Crippen LogP) is 3.02. The highest BCUT2D eigenvalue weighted by Crippen LogP contribution is 2.21. The molecule has 2 aliphatic heterocycles. The minimum Gasteiger partial charge on any atom is -0.356 e. The molecule has 2 saturated heterocycles. The van der Waals surface area contributed by atoms with Crippen molar-refractivity contribution in [3.05, 3.63) is 40.3 Å². The number of nitrogens with one attached hydrogen (secondary N) is 2. The number of carbonyl (C=O) groups excluding carboxylic acids is 3. The minimum atomic E-state index is -0.399. The highest BCUT2D eigenvalue weighted by Gasteiger charge is 2.30. The summed E-state index contributed by atoms with van der Waals surface area (Å²) in [6.07, 6.45) is 7.66. The Hall–Kier alpha value is -2.85. The van der Waals surface area contributed by atoms with Crippen molar-refractivity contribution in [3.63, 3.8) is 0 Å². The molecule has 0 spiro atoms. The normalized spacial score (nSPS) is 19.1. The summed E-state index contributed by atoms with van der Waals surface area (Å²) in [5.41, 5.74) is 0.650. The number of rotatable bonds is 8. The standard InChI is InChI=1S/C25H34N6O3S/c32-21(26-13-9-16-30-14-6-1-2-7-15-30)19-10-8-17-31(18-19)25(34)24-29-28-23(35-24)22(33)27-20-11-4-3-5-12-20/h3-5,11-12,19H,1-2,6-10,13-18H2,(H,26,32)(H,27,33). The van der Waals surface area contributed by atoms with E-state index in [1.54, 1.807) is 17.0 Å². The molecular weight excluding hydrogens is 464 g/mol. The number of anilines is 1. The first kappa shape index (κ1) is 25.2. The fourth-order valence-corrected chi connectivity index (χ4v) is 5.34. The molecule has 3 amide bonds. The Morgan fingerprint density at radius 1 is 0.943 bits per heavy atom. The fraction of sp³-hybridized carbons (Fsp3) is 0.560. The van der Waals surface area contributed by atoms with Crippen LogP contribution in [0.1, 0.15) is 64.6 Å². The van der Waals surface area contributed by atoms with Crippen LogP contribution in [0.2, 0.25) is 0 Å². The van der Waals surface area contributed by atoms with Crippen LogP contribution in [-0.4, -0.2) is 77.0 Å². The van der Waals surface area contributed by atoms with E-state index in [1.165, 1.54) is 25.7 Å². The highest BCUT2D eigenvalue weighted by atomic mass is 32.1. The molecule has 3 heterocycles. The smallest absolute Gasteiger partial charge is 0.286 e. The second-order valence-corrected chi connectivity index (χ2v) is 10.2. The molecule has 1 aromatic carbocycles. The molecule has 0 aliphatic carbocycles. The van der Waals surface area contributed by atoms with E-state index in [0.29, 0.717) is 25.3 Å². The van der Waals surface area contributed by atoms with Gasteiger partial charge in [-0.2, -0.15) is 0 Å². The van der Waals surface area contributed by atoms with Crippen molar-refractivity contribution >= 4 is 34.7 Å². The number of aromatic nitrogens is 2. The maximum atomic E-state index is 13.0. The fourth-order valence-electron chi connectivity index (χ4n) is 4.64. The van der Waals surface area contributed by atoms with Gasteiger partial charge in [-0.05, 0) is 63.9 Å². The van der Waals surface area contributed by atoms with Crippen LogP contribution in [0.4, 0.5) is 5.69 Å². The third kappa shape index (κ3) is 7.32. The van der Waals surface area contributed by atoms with Gasteiger partial charge >= 0.3 is 0 Å². The summed E-state index contributed by atoms with van der Waals surface area (Å²) < 4.78 is 0. The number of nitrogens with zero attached hydrogens (tertiary/aromatic N) is 4. The first-order valence-electron chi connectivity index (χ1n) is 12.6. The van der Waals surface area contributed by atoms with Gasteiger partial charge in [-0.15, -0.1) is 10.2 Å². The molecule has 2 aromatic rings. The van der Waals surface area contributed by atoms with E-state index < -0.39 is 5.91 Å². The summed E-state index contributed by atoms with van der Waals surface area (Å²) in [5, 5.41) is 14.0.